The van der Waals surface area contributed by atoms with Crippen LogP contribution in [0.25, 0.3) is 10.9 Å². The van der Waals surface area contributed by atoms with Gasteiger partial charge in [0.2, 0.25) is 0 Å². The summed E-state index contributed by atoms with van der Waals surface area (Å²) in [7, 11) is -3.85. The van der Waals surface area contributed by atoms with E-state index in [9.17, 15) is 8.42 Å². The second kappa shape index (κ2) is 7.74. The molecule has 4 rings (SSSR count). The van der Waals surface area contributed by atoms with Crippen LogP contribution >= 0.6 is 0 Å². The van der Waals surface area contributed by atoms with Gasteiger partial charge >= 0.3 is 0 Å². The highest BCUT2D eigenvalue weighted by molar-refractivity contribution is 7.93. The summed E-state index contributed by atoms with van der Waals surface area (Å²) in [5.41, 5.74) is 2.93. The van der Waals surface area contributed by atoms with Crippen LogP contribution in [0, 0.1) is 18.8 Å². The van der Waals surface area contributed by atoms with Gasteiger partial charge in [0.15, 0.2) is 0 Å². The Labute approximate surface area is 169 Å². The van der Waals surface area contributed by atoms with Gasteiger partial charge in [-0.15, -0.1) is 0 Å². The zero-order chi connectivity index (χ0) is 20.3. The summed E-state index contributed by atoms with van der Waals surface area (Å²) in [4.78, 5) is 8.59. The number of rotatable bonds is 3. The highest BCUT2D eigenvalue weighted by atomic mass is 32.2. The summed E-state index contributed by atoms with van der Waals surface area (Å²) in [6.07, 6.45) is 3.33. The van der Waals surface area contributed by atoms with E-state index in [-0.39, 0.29) is 4.90 Å². The highest BCUT2D eigenvalue weighted by Crippen LogP contribution is 2.25. The minimum atomic E-state index is -3.85. The van der Waals surface area contributed by atoms with E-state index < -0.39 is 10.0 Å². The van der Waals surface area contributed by atoms with Crippen LogP contribution in [0.1, 0.15) is 16.8 Å². The standard InChI is InChI=1S/C23H17N3O2S/c1-17-11-13-20-8-4-10-22(23(20)25-17)29(27,28)26-21-9-3-2-7-19(21)14-12-18-6-5-15-24-16-18/h2-11,13,15-16,26H,1H3. The third-order valence-electron chi connectivity index (χ3n) is 4.29. The molecule has 6 heteroatoms. The Morgan fingerprint density at radius 3 is 2.59 bits per heavy atom. The second-order valence-corrected chi connectivity index (χ2v) is 8.07. The van der Waals surface area contributed by atoms with Gasteiger partial charge < -0.3 is 0 Å². The summed E-state index contributed by atoms with van der Waals surface area (Å²) in [5.74, 6) is 6.02. The molecule has 2 heterocycles. The van der Waals surface area contributed by atoms with Crippen LogP contribution in [-0.4, -0.2) is 18.4 Å². The van der Waals surface area contributed by atoms with E-state index in [2.05, 4.69) is 26.5 Å². The third kappa shape index (κ3) is 4.10. The Morgan fingerprint density at radius 1 is 0.897 bits per heavy atom. The highest BCUT2D eigenvalue weighted by Gasteiger charge is 2.19. The molecule has 0 saturated heterocycles. The molecule has 2 aromatic carbocycles. The molecule has 0 aliphatic carbocycles. The normalized spacial score (nSPS) is 10.9. The largest absolute Gasteiger partial charge is 0.278 e. The first-order chi connectivity index (χ1) is 14.0. The maximum atomic E-state index is 13.1. The van der Waals surface area contributed by atoms with Gasteiger partial charge in [0.25, 0.3) is 10.0 Å². The molecule has 0 aliphatic rings. The minimum absolute atomic E-state index is 0.133. The summed E-state index contributed by atoms with van der Waals surface area (Å²) in [5, 5.41) is 0.767. The van der Waals surface area contributed by atoms with Crippen molar-refractivity contribution in [3.63, 3.8) is 0 Å². The number of aromatic nitrogens is 2. The first-order valence-corrected chi connectivity index (χ1v) is 10.4. The van der Waals surface area contributed by atoms with Crippen molar-refractivity contribution in [3.05, 3.63) is 95.9 Å². The van der Waals surface area contributed by atoms with Crippen LogP contribution in [0.5, 0.6) is 0 Å². The zero-order valence-electron chi connectivity index (χ0n) is 15.6. The number of fused-ring (bicyclic) bond motifs is 1. The molecule has 5 nitrogen and oxygen atoms in total. The van der Waals surface area contributed by atoms with E-state index >= 15 is 0 Å². The van der Waals surface area contributed by atoms with Crippen LogP contribution < -0.4 is 4.72 Å². The average Bonchev–Trinajstić information content (AvgIpc) is 2.73. The van der Waals surface area contributed by atoms with Gasteiger partial charge in [0.1, 0.15) is 4.90 Å². The molecule has 0 bridgehead atoms. The first kappa shape index (κ1) is 18.7. The molecule has 0 spiro atoms. The molecule has 1 N–H and O–H groups in total. The fraction of sp³-hybridized carbons (Fsp3) is 0.0435. The maximum Gasteiger partial charge on any atom is 0.264 e. The van der Waals surface area contributed by atoms with Gasteiger partial charge in [0, 0.05) is 34.6 Å². The molecular weight excluding hydrogens is 382 g/mol. The van der Waals surface area contributed by atoms with Crippen LogP contribution in [0.15, 0.2) is 84.0 Å². The van der Waals surface area contributed by atoms with Crippen molar-refractivity contribution >= 4 is 26.6 Å². The topological polar surface area (TPSA) is 72.0 Å². The smallest absolute Gasteiger partial charge is 0.264 e. The molecule has 142 valence electrons. The molecule has 29 heavy (non-hydrogen) atoms. The lowest BCUT2D eigenvalue weighted by Crippen LogP contribution is -2.14. The van der Waals surface area contributed by atoms with E-state index in [0.29, 0.717) is 16.8 Å². The van der Waals surface area contributed by atoms with Crippen LogP contribution in [0.3, 0.4) is 0 Å². The molecule has 0 amide bonds. The summed E-state index contributed by atoms with van der Waals surface area (Å²) in [6.45, 7) is 1.83. The van der Waals surface area contributed by atoms with E-state index in [1.54, 1.807) is 48.8 Å². The van der Waals surface area contributed by atoms with Crippen molar-refractivity contribution in [2.24, 2.45) is 0 Å². The molecule has 4 aromatic rings. The number of hydrogen-bond acceptors (Lipinski definition) is 4. The van der Waals surface area contributed by atoms with Gasteiger partial charge in [0.05, 0.1) is 11.2 Å². The molecular formula is C23H17N3O2S. The van der Waals surface area contributed by atoms with Crippen molar-refractivity contribution in [2.45, 2.75) is 11.8 Å². The number of para-hydroxylation sites is 2. The number of benzene rings is 2. The number of nitrogens with one attached hydrogen (secondary N) is 1. The number of nitrogens with zero attached hydrogens (tertiary/aromatic N) is 2. The van der Waals surface area contributed by atoms with Gasteiger partial charge in [-0.2, -0.15) is 0 Å². The van der Waals surface area contributed by atoms with E-state index in [4.69, 9.17) is 0 Å². The van der Waals surface area contributed by atoms with Gasteiger partial charge in [-0.05, 0) is 43.3 Å². The predicted molar refractivity (Wildman–Crippen MR) is 114 cm³/mol. The van der Waals surface area contributed by atoms with Crippen molar-refractivity contribution in [1.82, 2.24) is 9.97 Å². The number of sulfonamides is 1. The van der Waals surface area contributed by atoms with E-state index in [1.165, 1.54) is 0 Å². The molecule has 0 unspecified atom stereocenters. The fourth-order valence-corrected chi connectivity index (χ4v) is 4.14. The molecule has 2 aromatic heterocycles. The van der Waals surface area contributed by atoms with Gasteiger partial charge in [-0.1, -0.05) is 42.2 Å². The van der Waals surface area contributed by atoms with Crippen LogP contribution in [-0.2, 0) is 10.0 Å². The number of hydrogen-bond donors (Lipinski definition) is 1. The summed E-state index contributed by atoms with van der Waals surface area (Å²) >= 11 is 0. The first-order valence-electron chi connectivity index (χ1n) is 8.93. The molecule has 0 saturated carbocycles. The quantitative estimate of drug-likeness (QED) is 0.526. The lowest BCUT2D eigenvalue weighted by atomic mass is 10.2. The van der Waals surface area contributed by atoms with Crippen molar-refractivity contribution < 1.29 is 8.42 Å². The van der Waals surface area contributed by atoms with E-state index in [1.807, 2.05) is 37.3 Å². The Bertz CT molecular complexity index is 1360. The Morgan fingerprint density at radius 2 is 1.76 bits per heavy atom. The Hall–Kier alpha value is -3.69. The van der Waals surface area contributed by atoms with E-state index in [0.717, 1.165) is 16.6 Å². The third-order valence-corrected chi connectivity index (χ3v) is 5.68. The molecule has 0 radical (unpaired) electrons. The summed E-state index contributed by atoms with van der Waals surface area (Å²) in [6, 6.07) is 19.5. The SMILES string of the molecule is Cc1ccc2cccc(S(=O)(=O)Nc3ccccc3C#Cc3cccnc3)c2n1. The minimum Gasteiger partial charge on any atom is -0.278 e. The predicted octanol–water partition coefficient (Wildman–Crippen LogP) is 4.14. The second-order valence-electron chi connectivity index (χ2n) is 6.42. The van der Waals surface area contributed by atoms with Gasteiger partial charge in [-0.25, -0.2) is 8.42 Å². The van der Waals surface area contributed by atoms with Crippen LogP contribution in [0.2, 0.25) is 0 Å². The molecule has 0 aliphatic heterocycles. The lowest BCUT2D eigenvalue weighted by Gasteiger charge is -2.12. The average molecular weight is 399 g/mol. The molecule has 0 atom stereocenters. The Kier molecular flexibility index (Phi) is 4.98. The lowest BCUT2D eigenvalue weighted by molar-refractivity contribution is 0.602. The van der Waals surface area contributed by atoms with Crippen LogP contribution in [0.4, 0.5) is 5.69 Å². The summed E-state index contributed by atoms with van der Waals surface area (Å²) < 4.78 is 29.0. The Balaban J connectivity index is 1.74. The van der Waals surface area contributed by atoms with Crippen molar-refractivity contribution in [3.8, 4) is 11.8 Å². The number of anilines is 1. The number of pyridine rings is 2. The molecule has 0 fully saturated rings. The van der Waals surface area contributed by atoms with Gasteiger partial charge in [-0.3, -0.25) is 14.7 Å². The fourth-order valence-electron chi connectivity index (χ4n) is 2.89. The van der Waals surface area contributed by atoms with Crippen molar-refractivity contribution in [1.29, 1.82) is 0 Å². The monoisotopic (exact) mass is 399 g/mol. The van der Waals surface area contributed by atoms with Crippen molar-refractivity contribution in [2.75, 3.05) is 4.72 Å². The maximum absolute atomic E-state index is 13.1. The zero-order valence-corrected chi connectivity index (χ0v) is 16.4. The number of aryl methyl sites for hydroxylation is 1.